The van der Waals surface area contributed by atoms with Gasteiger partial charge in [0.1, 0.15) is 0 Å². The summed E-state index contributed by atoms with van der Waals surface area (Å²) in [7, 11) is 1.35. The first-order chi connectivity index (χ1) is 12.3. The fourth-order valence-electron chi connectivity index (χ4n) is 2.00. The number of nitrogens with zero attached hydrogens (tertiary/aromatic N) is 1. The number of amides is 2. The zero-order chi connectivity index (χ0) is 19.3. The highest BCUT2D eigenvalue weighted by atomic mass is 35.5. The van der Waals surface area contributed by atoms with Crippen molar-refractivity contribution in [3.05, 3.63) is 57.1 Å². The van der Waals surface area contributed by atoms with Gasteiger partial charge in [0.2, 0.25) is 11.7 Å². The lowest BCUT2D eigenvalue weighted by Crippen LogP contribution is -2.33. The molecule has 3 N–H and O–H groups in total. The van der Waals surface area contributed by atoms with E-state index in [2.05, 4.69) is 5.32 Å². The van der Waals surface area contributed by atoms with Crippen LogP contribution in [0.25, 0.3) is 0 Å². The number of carbonyl (C=O) groups excluding carboxylic acids is 2. The molecule has 2 rings (SSSR count). The molecular formula is C16H14ClN3O6. The summed E-state index contributed by atoms with van der Waals surface area (Å²) in [4.78, 5) is 33.2. The maximum absolute atomic E-state index is 11.9. The Kier molecular flexibility index (Phi) is 5.97. The number of nitrogens with one attached hydrogen (secondary N) is 1. The fourth-order valence-corrected chi connectivity index (χ4v) is 2.17. The minimum atomic E-state index is -0.680. The normalized spacial score (nSPS) is 10.1. The quantitative estimate of drug-likeness (QED) is 0.559. The van der Waals surface area contributed by atoms with Gasteiger partial charge in [-0.3, -0.25) is 19.7 Å². The van der Waals surface area contributed by atoms with E-state index in [1.165, 1.54) is 37.4 Å². The number of nitro groups is 1. The number of halogens is 1. The summed E-state index contributed by atoms with van der Waals surface area (Å²) >= 11 is 5.77. The number of ether oxygens (including phenoxy) is 2. The van der Waals surface area contributed by atoms with Gasteiger partial charge in [-0.1, -0.05) is 11.6 Å². The van der Waals surface area contributed by atoms with Crippen LogP contribution in [0.5, 0.6) is 17.2 Å². The lowest BCUT2D eigenvalue weighted by molar-refractivity contribution is -0.385. The molecule has 136 valence electrons. The SMILES string of the molecule is COc1cc(C(=O)NCC(N)=O)ccc1Oc1ccc(Cl)cc1[N+](=O)[O-]. The van der Waals surface area contributed by atoms with Crippen molar-refractivity contribution in [3.8, 4) is 17.2 Å². The van der Waals surface area contributed by atoms with E-state index in [0.717, 1.165) is 6.07 Å². The summed E-state index contributed by atoms with van der Waals surface area (Å²) < 4.78 is 10.7. The number of benzene rings is 2. The van der Waals surface area contributed by atoms with Crippen LogP contribution in [-0.2, 0) is 4.79 Å². The molecule has 2 aromatic carbocycles. The van der Waals surface area contributed by atoms with Crippen molar-refractivity contribution in [2.75, 3.05) is 13.7 Å². The smallest absolute Gasteiger partial charge is 0.313 e. The van der Waals surface area contributed by atoms with E-state index in [9.17, 15) is 19.7 Å². The average molecular weight is 380 g/mol. The standard InChI is InChI=1S/C16H14ClN3O6/c1-25-14-6-9(16(22)19-8-15(18)21)2-4-13(14)26-12-5-3-10(17)7-11(12)20(23)24/h2-7H,8H2,1H3,(H2,18,21)(H,19,22). The van der Waals surface area contributed by atoms with E-state index in [-0.39, 0.29) is 40.1 Å². The predicted octanol–water partition coefficient (Wildman–Crippen LogP) is 2.26. The molecule has 0 aliphatic heterocycles. The highest BCUT2D eigenvalue weighted by molar-refractivity contribution is 6.30. The van der Waals surface area contributed by atoms with Crippen LogP contribution < -0.4 is 20.5 Å². The number of methoxy groups -OCH3 is 1. The van der Waals surface area contributed by atoms with Gasteiger partial charge in [0.25, 0.3) is 5.91 Å². The number of hydrogen-bond acceptors (Lipinski definition) is 6. The Bertz CT molecular complexity index is 871. The highest BCUT2D eigenvalue weighted by Crippen LogP contribution is 2.37. The number of nitro benzene ring substituents is 1. The Morgan fingerprint density at radius 3 is 2.50 bits per heavy atom. The second kappa shape index (κ2) is 8.17. The maximum atomic E-state index is 11.9. The van der Waals surface area contributed by atoms with Crippen molar-refractivity contribution >= 4 is 29.1 Å². The third kappa shape index (κ3) is 4.61. The first-order valence-electron chi connectivity index (χ1n) is 7.18. The van der Waals surface area contributed by atoms with Crippen LogP contribution in [0.1, 0.15) is 10.4 Å². The number of nitrogens with two attached hydrogens (primary N) is 1. The van der Waals surface area contributed by atoms with Crippen LogP contribution in [0.3, 0.4) is 0 Å². The van der Waals surface area contributed by atoms with Gasteiger partial charge < -0.3 is 20.5 Å². The largest absolute Gasteiger partial charge is 0.493 e. The Labute approximate surface area is 152 Å². The van der Waals surface area contributed by atoms with Crippen LogP contribution in [0.4, 0.5) is 5.69 Å². The third-order valence-corrected chi connectivity index (χ3v) is 3.42. The zero-order valence-corrected chi connectivity index (χ0v) is 14.3. The summed E-state index contributed by atoms with van der Waals surface area (Å²) in [5.41, 5.74) is 4.85. The molecule has 0 bridgehead atoms. The molecule has 0 aliphatic carbocycles. The number of rotatable bonds is 7. The molecule has 0 heterocycles. The third-order valence-electron chi connectivity index (χ3n) is 3.19. The van der Waals surface area contributed by atoms with Crippen molar-refractivity contribution < 1.29 is 24.0 Å². The molecule has 0 radical (unpaired) electrons. The highest BCUT2D eigenvalue weighted by Gasteiger charge is 2.19. The first kappa shape index (κ1) is 19.0. The van der Waals surface area contributed by atoms with E-state index in [4.69, 9.17) is 26.8 Å². The lowest BCUT2D eigenvalue weighted by atomic mass is 10.2. The van der Waals surface area contributed by atoms with Crippen molar-refractivity contribution in [2.45, 2.75) is 0 Å². The van der Waals surface area contributed by atoms with Crippen LogP contribution in [0.15, 0.2) is 36.4 Å². The van der Waals surface area contributed by atoms with Crippen LogP contribution in [0, 0.1) is 10.1 Å². The summed E-state index contributed by atoms with van der Waals surface area (Å²) in [5, 5.41) is 13.7. The first-order valence-corrected chi connectivity index (χ1v) is 7.56. The van der Waals surface area contributed by atoms with Crippen molar-refractivity contribution in [2.24, 2.45) is 5.73 Å². The molecule has 2 amide bonds. The molecular weight excluding hydrogens is 366 g/mol. The molecule has 0 aliphatic rings. The topological polar surface area (TPSA) is 134 Å². The Morgan fingerprint density at radius 1 is 1.19 bits per heavy atom. The monoisotopic (exact) mass is 379 g/mol. The molecule has 26 heavy (non-hydrogen) atoms. The van der Waals surface area contributed by atoms with Gasteiger partial charge in [-0.15, -0.1) is 0 Å². The Hall–Kier alpha value is -3.33. The van der Waals surface area contributed by atoms with E-state index in [0.29, 0.717) is 0 Å². The molecule has 10 heteroatoms. The average Bonchev–Trinajstić information content (AvgIpc) is 2.61. The minimum absolute atomic E-state index is 0.0383. The molecule has 0 spiro atoms. The van der Waals surface area contributed by atoms with E-state index in [1.54, 1.807) is 0 Å². The van der Waals surface area contributed by atoms with Crippen LogP contribution in [0.2, 0.25) is 5.02 Å². The molecule has 2 aromatic rings. The second-order valence-electron chi connectivity index (χ2n) is 4.99. The van der Waals surface area contributed by atoms with Gasteiger partial charge in [-0.05, 0) is 30.3 Å². The van der Waals surface area contributed by atoms with Crippen molar-refractivity contribution in [3.63, 3.8) is 0 Å². The maximum Gasteiger partial charge on any atom is 0.313 e. The minimum Gasteiger partial charge on any atom is -0.493 e. The number of hydrogen-bond donors (Lipinski definition) is 2. The van der Waals surface area contributed by atoms with E-state index >= 15 is 0 Å². The van der Waals surface area contributed by atoms with Gasteiger partial charge in [0, 0.05) is 16.7 Å². The molecule has 0 saturated heterocycles. The summed E-state index contributed by atoms with van der Waals surface area (Å²) in [6.45, 7) is -0.309. The summed E-state index contributed by atoms with van der Waals surface area (Å²) in [6, 6.07) is 8.16. The van der Waals surface area contributed by atoms with Gasteiger partial charge >= 0.3 is 5.69 Å². The lowest BCUT2D eigenvalue weighted by Gasteiger charge is -2.12. The summed E-state index contributed by atoms with van der Waals surface area (Å²) in [6.07, 6.45) is 0. The molecule has 9 nitrogen and oxygen atoms in total. The Balaban J connectivity index is 2.30. The predicted molar refractivity (Wildman–Crippen MR) is 92.7 cm³/mol. The molecule has 0 unspecified atom stereocenters. The van der Waals surface area contributed by atoms with Crippen LogP contribution in [-0.4, -0.2) is 30.4 Å². The van der Waals surface area contributed by atoms with Gasteiger partial charge in [0.05, 0.1) is 18.6 Å². The van der Waals surface area contributed by atoms with E-state index in [1.807, 2.05) is 0 Å². The van der Waals surface area contributed by atoms with Gasteiger partial charge in [0.15, 0.2) is 11.5 Å². The number of primary amides is 1. The van der Waals surface area contributed by atoms with Crippen molar-refractivity contribution in [1.29, 1.82) is 0 Å². The molecule has 0 atom stereocenters. The van der Waals surface area contributed by atoms with Gasteiger partial charge in [-0.25, -0.2) is 0 Å². The second-order valence-corrected chi connectivity index (χ2v) is 5.42. The Morgan fingerprint density at radius 2 is 1.88 bits per heavy atom. The van der Waals surface area contributed by atoms with Crippen LogP contribution >= 0.6 is 11.6 Å². The fraction of sp³-hybridized carbons (Fsp3) is 0.125. The van der Waals surface area contributed by atoms with Gasteiger partial charge in [-0.2, -0.15) is 0 Å². The van der Waals surface area contributed by atoms with Crippen molar-refractivity contribution in [1.82, 2.24) is 5.32 Å². The zero-order valence-electron chi connectivity index (χ0n) is 13.5. The van der Waals surface area contributed by atoms with E-state index < -0.39 is 16.7 Å². The molecule has 0 fully saturated rings. The number of carbonyl (C=O) groups is 2. The molecule has 0 aromatic heterocycles. The molecule has 0 saturated carbocycles. The summed E-state index contributed by atoms with van der Waals surface area (Å²) in [5.74, 6) is -0.930.